The fraction of sp³-hybridized carbons (Fsp3) is 0.200. The van der Waals surface area contributed by atoms with E-state index in [0.29, 0.717) is 17.4 Å². The van der Waals surface area contributed by atoms with E-state index in [9.17, 15) is 0 Å². The molecule has 0 aliphatic carbocycles. The molecular weight excluding hydrogens is 236 g/mol. The minimum atomic E-state index is 0.389. The van der Waals surface area contributed by atoms with Gasteiger partial charge in [0.15, 0.2) is 5.16 Å². The molecular formula is C10H10N6S. The van der Waals surface area contributed by atoms with Gasteiger partial charge in [0.1, 0.15) is 11.8 Å². The molecule has 86 valence electrons. The van der Waals surface area contributed by atoms with E-state index < -0.39 is 0 Å². The summed E-state index contributed by atoms with van der Waals surface area (Å²) in [6.45, 7) is 0. The van der Waals surface area contributed by atoms with Gasteiger partial charge in [-0.2, -0.15) is 5.26 Å². The van der Waals surface area contributed by atoms with Gasteiger partial charge >= 0.3 is 0 Å². The minimum Gasteiger partial charge on any atom is -0.368 e. The lowest BCUT2D eigenvalue weighted by atomic mass is 10.2. The monoisotopic (exact) mass is 246 g/mol. The first-order chi connectivity index (χ1) is 8.20. The predicted molar refractivity (Wildman–Crippen MR) is 63.9 cm³/mol. The second-order valence-corrected chi connectivity index (χ2v) is 4.29. The average molecular weight is 246 g/mol. The maximum Gasteiger partial charge on any atom is 0.222 e. The number of hydrogen-bond donors (Lipinski definition) is 1. The molecule has 0 saturated heterocycles. The number of nitrogen functional groups attached to an aromatic ring is 1. The van der Waals surface area contributed by atoms with E-state index >= 15 is 0 Å². The van der Waals surface area contributed by atoms with Crippen LogP contribution in [-0.4, -0.2) is 19.7 Å². The van der Waals surface area contributed by atoms with Crippen molar-refractivity contribution in [3.8, 4) is 6.07 Å². The Labute approximate surface area is 102 Å². The highest BCUT2D eigenvalue weighted by Crippen LogP contribution is 2.21. The van der Waals surface area contributed by atoms with Crippen LogP contribution in [0.3, 0.4) is 0 Å². The van der Waals surface area contributed by atoms with Crippen LogP contribution in [0.4, 0.5) is 5.95 Å². The number of thioether (sulfide) groups is 1. The molecule has 2 aromatic rings. The number of nitrogens with two attached hydrogens (primary N) is 1. The van der Waals surface area contributed by atoms with E-state index in [1.807, 2.05) is 19.2 Å². The Hall–Kier alpha value is -2.07. The fourth-order valence-corrected chi connectivity index (χ4v) is 2.09. The summed E-state index contributed by atoms with van der Waals surface area (Å²) in [6.07, 6.45) is 1.62. The second-order valence-electron chi connectivity index (χ2n) is 3.35. The summed E-state index contributed by atoms with van der Waals surface area (Å²) in [6, 6.07) is 5.63. The van der Waals surface area contributed by atoms with Gasteiger partial charge in [-0.25, -0.2) is 4.98 Å². The zero-order valence-corrected chi connectivity index (χ0v) is 9.98. The number of aromatic nitrogens is 4. The van der Waals surface area contributed by atoms with Gasteiger partial charge in [0.25, 0.3) is 0 Å². The Bertz CT molecular complexity index is 570. The van der Waals surface area contributed by atoms with Crippen LogP contribution in [0.1, 0.15) is 11.3 Å². The van der Waals surface area contributed by atoms with Gasteiger partial charge < -0.3 is 5.73 Å². The van der Waals surface area contributed by atoms with Crippen molar-refractivity contribution in [2.45, 2.75) is 10.9 Å². The number of nitriles is 1. The Balaban J connectivity index is 2.07. The Kier molecular flexibility index (Phi) is 3.25. The van der Waals surface area contributed by atoms with Crippen LogP contribution in [0.2, 0.25) is 0 Å². The third kappa shape index (κ3) is 2.54. The van der Waals surface area contributed by atoms with Crippen LogP contribution >= 0.6 is 11.8 Å². The predicted octanol–water partition coefficient (Wildman–Crippen LogP) is 0.956. The highest BCUT2D eigenvalue weighted by molar-refractivity contribution is 7.98. The van der Waals surface area contributed by atoms with E-state index in [4.69, 9.17) is 11.0 Å². The Morgan fingerprint density at radius 1 is 1.53 bits per heavy atom. The SMILES string of the molecule is Cn1c(N)nnc1SCc1ccnc(C#N)c1. The van der Waals surface area contributed by atoms with Crippen LogP contribution in [0.15, 0.2) is 23.5 Å². The quantitative estimate of drug-likeness (QED) is 0.810. The molecule has 0 unspecified atom stereocenters. The van der Waals surface area contributed by atoms with Gasteiger partial charge in [0, 0.05) is 19.0 Å². The van der Waals surface area contributed by atoms with E-state index in [-0.39, 0.29) is 0 Å². The highest BCUT2D eigenvalue weighted by Gasteiger charge is 2.06. The van der Waals surface area contributed by atoms with Gasteiger partial charge in [0.05, 0.1) is 0 Å². The van der Waals surface area contributed by atoms with Gasteiger partial charge in [-0.3, -0.25) is 4.57 Å². The zero-order valence-electron chi connectivity index (χ0n) is 9.16. The first-order valence-corrected chi connectivity index (χ1v) is 5.82. The summed E-state index contributed by atoms with van der Waals surface area (Å²) in [5.41, 5.74) is 7.01. The van der Waals surface area contributed by atoms with Crippen LogP contribution in [-0.2, 0) is 12.8 Å². The number of nitrogens with zero attached hydrogens (tertiary/aromatic N) is 5. The molecule has 0 radical (unpaired) electrons. The van der Waals surface area contributed by atoms with E-state index in [2.05, 4.69) is 15.2 Å². The molecule has 0 amide bonds. The smallest absolute Gasteiger partial charge is 0.222 e. The number of pyridine rings is 1. The van der Waals surface area contributed by atoms with E-state index in [1.165, 1.54) is 11.8 Å². The van der Waals surface area contributed by atoms with Crippen LogP contribution in [0, 0.1) is 11.3 Å². The topological polar surface area (TPSA) is 93.4 Å². The lowest BCUT2D eigenvalue weighted by Crippen LogP contribution is -1.98. The summed E-state index contributed by atoms with van der Waals surface area (Å²) < 4.78 is 1.72. The first-order valence-electron chi connectivity index (χ1n) is 4.83. The summed E-state index contributed by atoms with van der Waals surface area (Å²) in [7, 11) is 1.81. The molecule has 7 heteroatoms. The minimum absolute atomic E-state index is 0.389. The molecule has 0 saturated carbocycles. The lowest BCUT2D eigenvalue weighted by molar-refractivity contribution is 0.796. The maximum atomic E-state index is 8.73. The molecule has 0 atom stereocenters. The zero-order chi connectivity index (χ0) is 12.3. The molecule has 2 heterocycles. The van der Waals surface area contributed by atoms with E-state index in [1.54, 1.807) is 16.8 Å². The molecule has 17 heavy (non-hydrogen) atoms. The Morgan fingerprint density at radius 2 is 2.35 bits per heavy atom. The fourth-order valence-electron chi connectivity index (χ4n) is 1.22. The van der Waals surface area contributed by atoms with Gasteiger partial charge in [-0.05, 0) is 17.7 Å². The van der Waals surface area contributed by atoms with Crippen LogP contribution in [0.25, 0.3) is 0 Å². The molecule has 0 bridgehead atoms. The number of anilines is 1. The van der Waals surface area contributed by atoms with Crippen molar-refractivity contribution in [2.75, 3.05) is 5.73 Å². The summed E-state index contributed by atoms with van der Waals surface area (Å²) in [5.74, 6) is 1.09. The highest BCUT2D eigenvalue weighted by atomic mass is 32.2. The number of hydrogen-bond acceptors (Lipinski definition) is 6. The molecule has 0 aromatic carbocycles. The van der Waals surface area contributed by atoms with Crippen molar-refractivity contribution in [1.29, 1.82) is 5.26 Å². The van der Waals surface area contributed by atoms with Crippen molar-refractivity contribution in [2.24, 2.45) is 7.05 Å². The summed E-state index contributed by atoms with van der Waals surface area (Å²) in [4.78, 5) is 3.91. The van der Waals surface area contributed by atoms with Crippen molar-refractivity contribution in [1.82, 2.24) is 19.7 Å². The average Bonchev–Trinajstić information content (AvgIpc) is 2.68. The molecule has 6 nitrogen and oxygen atoms in total. The largest absolute Gasteiger partial charge is 0.368 e. The van der Waals surface area contributed by atoms with Crippen molar-refractivity contribution in [3.05, 3.63) is 29.6 Å². The summed E-state index contributed by atoms with van der Waals surface area (Å²) >= 11 is 1.51. The second kappa shape index (κ2) is 4.84. The van der Waals surface area contributed by atoms with Crippen LogP contribution < -0.4 is 5.73 Å². The Morgan fingerprint density at radius 3 is 3.00 bits per heavy atom. The standard InChI is InChI=1S/C10H10N6S/c1-16-9(12)14-15-10(16)17-6-7-2-3-13-8(4-7)5-11/h2-4H,6H2,1H3,(H2,12,14). The maximum absolute atomic E-state index is 8.73. The summed E-state index contributed by atoms with van der Waals surface area (Å²) in [5, 5.41) is 17.2. The van der Waals surface area contributed by atoms with Crippen molar-refractivity contribution in [3.63, 3.8) is 0 Å². The van der Waals surface area contributed by atoms with Crippen molar-refractivity contribution >= 4 is 17.7 Å². The van der Waals surface area contributed by atoms with Gasteiger partial charge in [-0.1, -0.05) is 11.8 Å². The molecule has 0 aliphatic heterocycles. The van der Waals surface area contributed by atoms with E-state index in [0.717, 1.165) is 10.7 Å². The van der Waals surface area contributed by atoms with Gasteiger partial charge in [0.2, 0.25) is 5.95 Å². The molecule has 0 aliphatic rings. The lowest BCUT2D eigenvalue weighted by Gasteiger charge is -2.01. The molecule has 0 spiro atoms. The van der Waals surface area contributed by atoms with Gasteiger partial charge in [-0.15, -0.1) is 10.2 Å². The van der Waals surface area contributed by atoms with Crippen molar-refractivity contribution < 1.29 is 0 Å². The molecule has 2 rings (SSSR count). The third-order valence-electron chi connectivity index (χ3n) is 2.18. The number of rotatable bonds is 3. The normalized spacial score (nSPS) is 10.1. The molecule has 2 aromatic heterocycles. The third-order valence-corrected chi connectivity index (χ3v) is 3.27. The first kappa shape index (κ1) is 11.4. The molecule has 2 N–H and O–H groups in total. The van der Waals surface area contributed by atoms with Crippen LogP contribution in [0.5, 0.6) is 0 Å². The molecule has 0 fully saturated rings.